The summed E-state index contributed by atoms with van der Waals surface area (Å²) in [5.74, 6) is 0. The number of hydrogen-bond donors (Lipinski definition) is 2. The molecule has 0 spiro atoms. The van der Waals surface area contributed by atoms with E-state index in [4.69, 9.17) is 0 Å². The fourth-order valence-corrected chi connectivity index (χ4v) is 1.18. The molecule has 100 valence electrons. The highest BCUT2D eigenvalue weighted by molar-refractivity contribution is 5.30. The van der Waals surface area contributed by atoms with Crippen molar-refractivity contribution in [3.63, 3.8) is 0 Å². The molecule has 4 heteroatoms. The van der Waals surface area contributed by atoms with Crippen molar-refractivity contribution < 1.29 is 45.4 Å². The van der Waals surface area contributed by atoms with Gasteiger partial charge in [-0.3, -0.25) is 0 Å². The molecule has 0 aliphatic rings. The standard InChI is InChI=1S/2C7H9N.2BrH/c2*1-6-2-4-7(8)5-3-6;;/h2*2-5H,8H2,1H3;2*1H. The van der Waals surface area contributed by atoms with Crippen LogP contribution in [0.15, 0.2) is 48.5 Å². The van der Waals surface area contributed by atoms with E-state index in [1.54, 1.807) is 0 Å². The molecule has 0 saturated carbocycles. The number of aryl methyl sites for hydroxylation is 2. The van der Waals surface area contributed by atoms with Gasteiger partial charge in [-0.1, -0.05) is 35.4 Å². The zero-order valence-electron chi connectivity index (χ0n) is 10.8. The van der Waals surface area contributed by atoms with Gasteiger partial charge in [0, 0.05) is 0 Å². The van der Waals surface area contributed by atoms with Crippen LogP contribution in [0.5, 0.6) is 0 Å². The van der Waals surface area contributed by atoms with Crippen molar-refractivity contribution in [1.82, 2.24) is 0 Å². The fraction of sp³-hybridized carbons (Fsp3) is 0.143. The first-order valence-corrected chi connectivity index (χ1v) is 5.35. The molecule has 18 heavy (non-hydrogen) atoms. The van der Waals surface area contributed by atoms with E-state index in [0.29, 0.717) is 0 Å². The minimum Gasteiger partial charge on any atom is -1.00 e. The van der Waals surface area contributed by atoms with E-state index in [1.165, 1.54) is 11.1 Å². The Morgan fingerprint density at radius 2 is 0.778 bits per heavy atom. The van der Waals surface area contributed by atoms with E-state index in [0.717, 1.165) is 11.4 Å². The van der Waals surface area contributed by atoms with Gasteiger partial charge in [0.2, 0.25) is 0 Å². The van der Waals surface area contributed by atoms with Gasteiger partial charge < -0.3 is 45.4 Å². The first-order valence-electron chi connectivity index (χ1n) is 5.35. The second kappa shape index (κ2) is 10.3. The van der Waals surface area contributed by atoms with Gasteiger partial charge in [0.25, 0.3) is 0 Å². The van der Waals surface area contributed by atoms with E-state index < -0.39 is 0 Å². The zero-order valence-corrected chi connectivity index (χ0v) is 14.0. The van der Waals surface area contributed by atoms with Crippen molar-refractivity contribution >= 4 is 11.4 Å². The summed E-state index contributed by atoms with van der Waals surface area (Å²) in [7, 11) is 0. The Morgan fingerprint density at radius 3 is 0.944 bits per heavy atom. The summed E-state index contributed by atoms with van der Waals surface area (Å²) >= 11 is 0. The highest BCUT2D eigenvalue weighted by atomic mass is 79.9. The molecule has 0 radical (unpaired) electrons. The van der Waals surface area contributed by atoms with Crippen LogP contribution in [0.25, 0.3) is 0 Å². The molecule has 0 bridgehead atoms. The lowest BCUT2D eigenvalue weighted by Gasteiger charge is -1.87. The predicted octanol–water partition coefficient (Wildman–Crippen LogP) is -4.26. The zero-order chi connectivity index (χ0) is 12.0. The van der Waals surface area contributed by atoms with Gasteiger partial charge >= 0.3 is 0 Å². The van der Waals surface area contributed by atoms with Crippen LogP contribution in [0.4, 0.5) is 11.4 Å². The lowest BCUT2D eigenvalue weighted by molar-refractivity contribution is -0.255. The number of halogens is 2. The number of benzene rings is 2. The van der Waals surface area contributed by atoms with Crippen LogP contribution in [0.3, 0.4) is 0 Å². The van der Waals surface area contributed by atoms with Crippen LogP contribution in [0.2, 0.25) is 0 Å². The largest absolute Gasteiger partial charge is 1.00 e. The summed E-state index contributed by atoms with van der Waals surface area (Å²) in [5, 5.41) is 0. The smallest absolute Gasteiger partial charge is 0.127 e. The Hall–Kier alpha value is -0.680. The Bertz CT molecular complexity index is 339. The molecule has 0 heterocycles. The third-order valence-electron chi connectivity index (χ3n) is 2.24. The predicted molar refractivity (Wildman–Crippen MR) is 67.5 cm³/mol. The van der Waals surface area contributed by atoms with E-state index in [9.17, 15) is 0 Å². The summed E-state index contributed by atoms with van der Waals surface area (Å²) in [6.45, 7) is 4.14. The third-order valence-corrected chi connectivity index (χ3v) is 2.24. The summed E-state index contributed by atoms with van der Waals surface area (Å²) in [6.07, 6.45) is 0. The Kier molecular flexibility index (Phi) is 11.2. The lowest BCUT2D eigenvalue weighted by Crippen LogP contribution is -3.00. The van der Waals surface area contributed by atoms with E-state index in [2.05, 4.69) is 49.6 Å². The molecule has 2 aromatic carbocycles. The van der Waals surface area contributed by atoms with Gasteiger partial charge in [-0.15, -0.1) is 0 Å². The lowest BCUT2D eigenvalue weighted by atomic mass is 10.2. The molecular weight excluding hydrogens is 356 g/mol. The number of hydrogen-bond acceptors (Lipinski definition) is 0. The minimum absolute atomic E-state index is 0. The Morgan fingerprint density at radius 1 is 0.556 bits per heavy atom. The Labute approximate surface area is 130 Å². The molecule has 2 rings (SSSR count). The monoisotopic (exact) mass is 374 g/mol. The Balaban J connectivity index is 0. The molecule has 0 aliphatic heterocycles. The molecule has 0 aliphatic carbocycles. The van der Waals surface area contributed by atoms with Crippen molar-refractivity contribution in [2.45, 2.75) is 13.8 Å². The third kappa shape index (κ3) is 8.42. The first-order chi connectivity index (χ1) is 7.58. The highest BCUT2D eigenvalue weighted by Gasteiger charge is 1.84. The molecule has 0 amide bonds. The molecule has 0 atom stereocenters. The molecular formula is C14H20Br2N2. The van der Waals surface area contributed by atoms with Gasteiger partial charge in [0.15, 0.2) is 0 Å². The second-order valence-electron chi connectivity index (χ2n) is 3.97. The fourth-order valence-electron chi connectivity index (χ4n) is 1.18. The molecule has 2 nitrogen and oxygen atoms in total. The van der Waals surface area contributed by atoms with Crippen molar-refractivity contribution in [3.05, 3.63) is 59.7 Å². The topological polar surface area (TPSA) is 55.3 Å². The maximum atomic E-state index is 3.76. The van der Waals surface area contributed by atoms with Crippen molar-refractivity contribution in [3.8, 4) is 0 Å². The normalized spacial score (nSPS) is 8.22. The van der Waals surface area contributed by atoms with E-state index in [1.807, 2.05) is 24.3 Å². The second-order valence-corrected chi connectivity index (χ2v) is 3.97. The summed E-state index contributed by atoms with van der Waals surface area (Å²) in [6, 6.07) is 16.3. The highest BCUT2D eigenvalue weighted by Crippen LogP contribution is 2.01. The first kappa shape index (κ1) is 19.7. The summed E-state index contributed by atoms with van der Waals surface area (Å²) < 4.78 is 0. The van der Waals surface area contributed by atoms with Gasteiger partial charge in [-0.2, -0.15) is 0 Å². The van der Waals surface area contributed by atoms with Gasteiger partial charge in [0.1, 0.15) is 11.4 Å². The van der Waals surface area contributed by atoms with E-state index >= 15 is 0 Å². The molecule has 0 unspecified atom stereocenters. The number of quaternary nitrogens is 2. The summed E-state index contributed by atoms with van der Waals surface area (Å²) in [5.41, 5.74) is 12.3. The van der Waals surface area contributed by atoms with Crippen LogP contribution in [-0.2, 0) is 0 Å². The van der Waals surface area contributed by atoms with Crippen molar-refractivity contribution in [2.24, 2.45) is 0 Å². The van der Waals surface area contributed by atoms with Crippen molar-refractivity contribution in [1.29, 1.82) is 0 Å². The van der Waals surface area contributed by atoms with Gasteiger partial charge in [0.05, 0.1) is 0 Å². The molecule has 0 aromatic heterocycles. The van der Waals surface area contributed by atoms with Gasteiger partial charge in [-0.05, 0) is 38.1 Å². The van der Waals surface area contributed by atoms with Gasteiger partial charge in [-0.25, -0.2) is 0 Å². The van der Waals surface area contributed by atoms with E-state index in [-0.39, 0.29) is 34.0 Å². The van der Waals surface area contributed by atoms with Crippen LogP contribution in [0.1, 0.15) is 11.1 Å². The molecule has 2 aromatic rings. The molecule has 0 fully saturated rings. The van der Waals surface area contributed by atoms with Crippen LogP contribution < -0.4 is 45.4 Å². The number of rotatable bonds is 0. The molecule has 0 saturated heterocycles. The van der Waals surface area contributed by atoms with Crippen LogP contribution in [-0.4, -0.2) is 0 Å². The average molecular weight is 376 g/mol. The van der Waals surface area contributed by atoms with Crippen molar-refractivity contribution in [2.75, 3.05) is 0 Å². The maximum Gasteiger partial charge on any atom is 0.127 e. The average Bonchev–Trinajstić information content (AvgIpc) is 2.28. The van der Waals surface area contributed by atoms with Crippen LogP contribution >= 0.6 is 0 Å². The SMILES string of the molecule is Cc1ccc([NH3+])cc1.Cc1ccc([NH3+])cc1.[Br-].[Br-]. The minimum atomic E-state index is 0. The molecule has 6 N–H and O–H groups in total. The summed E-state index contributed by atoms with van der Waals surface area (Å²) in [4.78, 5) is 0. The van der Waals surface area contributed by atoms with Crippen LogP contribution in [0, 0.1) is 13.8 Å². The quantitative estimate of drug-likeness (QED) is 0.468. The maximum absolute atomic E-state index is 3.76.